The van der Waals surface area contributed by atoms with Crippen molar-refractivity contribution in [2.24, 2.45) is 11.8 Å². The van der Waals surface area contributed by atoms with Crippen LogP contribution >= 0.6 is 0 Å². The maximum atomic E-state index is 5.85. The van der Waals surface area contributed by atoms with Gasteiger partial charge in [0, 0.05) is 37.5 Å². The number of ether oxygens (including phenoxy) is 1. The normalized spacial score (nSPS) is 22.2. The highest BCUT2D eigenvalue weighted by atomic mass is 16.5. The topological polar surface area (TPSA) is 34.1 Å². The molecule has 3 rings (SSSR count). The van der Waals surface area contributed by atoms with E-state index in [2.05, 4.69) is 48.4 Å². The van der Waals surface area contributed by atoms with E-state index in [1.54, 1.807) is 0 Å². The molecule has 21 heavy (non-hydrogen) atoms. The van der Waals surface area contributed by atoms with Crippen LogP contribution in [-0.2, 0) is 11.3 Å². The van der Waals surface area contributed by atoms with Gasteiger partial charge in [0.05, 0.1) is 6.10 Å². The third-order valence-electron chi connectivity index (χ3n) is 4.41. The first-order chi connectivity index (χ1) is 10.3. The number of fused-ring (bicyclic) bond motifs is 1. The molecule has 1 aliphatic rings. The van der Waals surface area contributed by atoms with Gasteiger partial charge in [0.25, 0.3) is 0 Å². The van der Waals surface area contributed by atoms with E-state index >= 15 is 0 Å². The molecule has 0 spiro atoms. The minimum Gasteiger partial charge on any atom is -0.378 e. The zero-order chi connectivity index (χ0) is 14.7. The molecule has 0 aliphatic carbocycles. The van der Waals surface area contributed by atoms with Gasteiger partial charge >= 0.3 is 0 Å². The number of benzene rings is 1. The average Bonchev–Trinajstić information content (AvgIpc) is 2.96. The van der Waals surface area contributed by atoms with E-state index in [0.717, 1.165) is 19.7 Å². The van der Waals surface area contributed by atoms with Gasteiger partial charge in [-0.2, -0.15) is 0 Å². The van der Waals surface area contributed by atoms with Gasteiger partial charge in [-0.05, 0) is 35.3 Å². The van der Waals surface area contributed by atoms with Gasteiger partial charge < -0.3 is 10.1 Å². The summed E-state index contributed by atoms with van der Waals surface area (Å²) in [6.07, 6.45) is 5.38. The van der Waals surface area contributed by atoms with Crippen molar-refractivity contribution in [3.05, 3.63) is 42.2 Å². The Morgan fingerprint density at radius 3 is 3.10 bits per heavy atom. The third-order valence-corrected chi connectivity index (χ3v) is 4.41. The highest BCUT2D eigenvalue weighted by Crippen LogP contribution is 2.26. The fraction of sp³-hybridized carbons (Fsp3) is 0.500. The van der Waals surface area contributed by atoms with Crippen molar-refractivity contribution >= 4 is 10.8 Å². The number of pyridine rings is 1. The Bertz CT molecular complexity index is 591. The van der Waals surface area contributed by atoms with Crippen LogP contribution in [0.15, 0.2) is 36.7 Å². The van der Waals surface area contributed by atoms with Gasteiger partial charge in [-0.3, -0.25) is 4.98 Å². The van der Waals surface area contributed by atoms with Crippen LogP contribution in [0.25, 0.3) is 10.8 Å². The van der Waals surface area contributed by atoms with Crippen LogP contribution < -0.4 is 5.32 Å². The number of nitrogens with one attached hydrogen (secondary N) is 1. The van der Waals surface area contributed by atoms with Gasteiger partial charge in [0.15, 0.2) is 0 Å². The van der Waals surface area contributed by atoms with E-state index in [1.807, 2.05) is 12.4 Å². The lowest BCUT2D eigenvalue weighted by Crippen LogP contribution is -2.31. The standard InChI is InChI=1S/C18H24N2O/c1-13(2)18-16(7-9-21-18)12-20-11-15-5-3-4-14-10-19-8-6-17(14)15/h3-6,8,10,13,16,18,20H,7,9,11-12H2,1-2H3/t16-,18-/m1/s1. The summed E-state index contributed by atoms with van der Waals surface area (Å²) < 4.78 is 5.85. The molecule has 1 aromatic heterocycles. The second-order valence-electron chi connectivity index (χ2n) is 6.27. The molecule has 2 heterocycles. The van der Waals surface area contributed by atoms with E-state index in [0.29, 0.717) is 17.9 Å². The molecule has 1 aromatic carbocycles. The van der Waals surface area contributed by atoms with E-state index in [1.165, 1.54) is 22.8 Å². The van der Waals surface area contributed by atoms with E-state index in [4.69, 9.17) is 4.74 Å². The number of hydrogen-bond donors (Lipinski definition) is 1. The van der Waals surface area contributed by atoms with Crippen molar-refractivity contribution in [2.45, 2.75) is 32.9 Å². The van der Waals surface area contributed by atoms with Crippen molar-refractivity contribution < 1.29 is 4.74 Å². The van der Waals surface area contributed by atoms with E-state index < -0.39 is 0 Å². The van der Waals surface area contributed by atoms with Crippen LogP contribution in [0, 0.1) is 11.8 Å². The summed E-state index contributed by atoms with van der Waals surface area (Å²) in [5, 5.41) is 6.12. The molecule has 1 N–H and O–H groups in total. The Kier molecular flexibility index (Phi) is 4.51. The van der Waals surface area contributed by atoms with Gasteiger partial charge in [0.1, 0.15) is 0 Å². The summed E-state index contributed by atoms with van der Waals surface area (Å²) in [6.45, 7) is 7.35. The largest absolute Gasteiger partial charge is 0.378 e. The molecule has 3 nitrogen and oxygen atoms in total. The second-order valence-corrected chi connectivity index (χ2v) is 6.27. The van der Waals surface area contributed by atoms with Crippen LogP contribution in [0.4, 0.5) is 0 Å². The first kappa shape index (κ1) is 14.5. The molecule has 112 valence electrons. The van der Waals surface area contributed by atoms with Crippen LogP contribution in [0.1, 0.15) is 25.8 Å². The number of rotatable bonds is 5. The summed E-state index contributed by atoms with van der Waals surface area (Å²) in [5.41, 5.74) is 1.34. The fourth-order valence-corrected chi connectivity index (χ4v) is 3.35. The molecule has 2 atom stereocenters. The SMILES string of the molecule is CC(C)[C@H]1OCC[C@@H]1CNCc1cccc2cnccc12. The Morgan fingerprint density at radius 1 is 1.33 bits per heavy atom. The van der Waals surface area contributed by atoms with Crippen LogP contribution in [0.5, 0.6) is 0 Å². The van der Waals surface area contributed by atoms with Crippen molar-refractivity contribution in [1.82, 2.24) is 10.3 Å². The lowest BCUT2D eigenvalue weighted by Gasteiger charge is -2.22. The Hall–Kier alpha value is -1.45. The highest BCUT2D eigenvalue weighted by Gasteiger charge is 2.30. The molecular formula is C18H24N2O. The fourth-order valence-electron chi connectivity index (χ4n) is 3.35. The zero-order valence-electron chi connectivity index (χ0n) is 12.9. The highest BCUT2D eigenvalue weighted by molar-refractivity contribution is 5.84. The number of aromatic nitrogens is 1. The number of nitrogens with zero attached hydrogens (tertiary/aromatic N) is 1. The molecule has 0 saturated carbocycles. The molecule has 0 amide bonds. The molecule has 0 unspecified atom stereocenters. The minimum atomic E-state index is 0.411. The average molecular weight is 284 g/mol. The summed E-state index contributed by atoms with van der Waals surface area (Å²) in [4.78, 5) is 4.19. The quantitative estimate of drug-likeness (QED) is 0.914. The lowest BCUT2D eigenvalue weighted by atomic mass is 9.93. The van der Waals surface area contributed by atoms with Gasteiger partial charge in [-0.1, -0.05) is 32.0 Å². The molecule has 3 heteroatoms. The maximum Gasteiger partial charge on any atom is 0.0639 e. The number of hydrogen-bond acceptors (Lipinski definition) is 3. The van der Waals surface area contributed by atoms with Crippen molar-refractivity contribution in [3.63, 3.8) is 0 Å². The predicted octanol–water partition coefficient (Wildman–Crippen LogP) is 3.39. The Morgan fingerprint density at radius 2 is 2.24 bits per heavy atom. The third kappa shape index (κ3) is 3.25. The maximum absolute atomic E-state index is 5.85. The van der Waals surface area contributed by atoms with Crippen LogP contribution in [-0.4, -0.2) is 24.2 Å². The van der Waals surface area contributed by atoms with Gasteiger partial charge in [-0.25, -0.2) is 0 Å². The summed E-state index contributed by atoms with van der Waals surface area (Å²) in [7, 11) is 0. The molecule has 0 radical (unpaired) electrons. The van der Waals surface area contributed by atoms with E-state index in [-0.39, 0.29) is 0 Å². The first-order valence-electron chi connectivity index (χ1n) is 7.89. The van der Waals surface area contributed by atoms with Crippen LogP contribution in [0.3, 0.4) is 0 Å². The smallest absolute Gasteiger partial charge is 0.0639 e. The van der Waals surface area contributed by atoms with E-state index in [9.17, 15) is 0 Å². The lowest BCUT2D eigenvalue weighted by molar-refractivity contribution is 0.0539. The summed E-state index contributed by atoms with van der Waals surface area (Å²) in [5.74, 6) is 1.24. The van der Waals surface area contributed by atoms with Crippen LogP contribution in [0.2, 0.25) is 0 Å². The van der Waals surface area contributed by atoms with Crippen molar-refractivity contribution in [3.8, 4) is 0 Å². The van der Waals surface area contributed by atoms with Gasteiger partial charge in [-0.15, -0.1) is 0 Å². The molecule has 1 saturated heterocycles. The predicted molar refractivity (Wildman–Crippen MR) is 86.1 cm³/mol. The monoisotopic (exact) mass is 284 g/mol. The Labute approximate surface area is 126 Å². The first-order valence-corrected chi connectivity index (χ1v) is 7.89. The molecule has 2 aromatic rings. The molecule has 0 bridgehead atoms. The molecule has 1 fully saturated rings. The zero-order valence-corrected chi connectivity index (χ0v) is 12.9. The van der Waals surface area contributed by atoms with Gasteiger partial charge in [0.2, 0.25) is 0 Å². The Balaban J connectivity index is 1.62. The second kappa shape index (κ2) is 6.54. The molecule has 1 aliphatic heterocycles. The summed E-state index contributed by atoms with van der Waals surface area (Å²) >= 11 is 0. The van der Waals surface area contributed by atoms with Crippen molar-refractivity contribution in [1.29, 1.82) is 0 Å². The van der Waals surface area contributed by atoms with Crippen molar-refractivity contribution in [2.75, 3.05) is 13.2 Å². The minimum absolute atomic E-state index is 0.411. The molecular weight excluding hydrogens is 260 g/mol. The summed E-state index contributed by atoms with van der Waals surface area (Å²) in [6, 6.07) is 8.52.